The van der Waals surface area contributed by atoms with Gasteiger partial charge in [-0.1, -0.05) is 0 Å². The van der Waals surface area contributed by atoms with Gasteiger partial charge in [-0.2, -0.15) is 0 Å². The molecule has 0 spiro atoms. The van der Waals surface area contributed by atoms with Crippen LogP contribution in [0.2, 0.25) is 0 Å². The molecule has 1 rings (SSSR count). The summed E-state index contributed by atoms with van der Waals surface area (Å²) in [7, 11) is 2.02. The molecule has 0 saturated carbocycles. The predicted molar refractivity (Wildman–Crippen MR) is 68.7 cm³/mol. The number of nitrogens with two attached hydrogens (primary N) is 1. The Labute approximate surface area is 102 Å². The Hall–Kier alpha value is -1.62. The maximum atomic E-state index is 11.8. The van der Waals surface area contributed by atoms with Crippen molar-refractivity contribution < 1.29 is 4.79 Å². The third-order valence-electron chi connectivity index (χ3n) is 2.73. The van der Waals surface area contributed by atoms with Gasteiger partial charge in [-0.15, -0.1) is 0 Å². The summed E-state index contributed by atoms with van der Waals surface area (Å²) < 4.78 is 0. The number of carbonyl (C=O) groups excluding carboxylic acids is 1. The normalized spacial score (nSPS) is 10.9. The molecule has 1 heterocycles. The van der Waals surface area contributed by atoms with Crippen molar-refractivity contribution in [2.24, 2.45) is 0 Å². The van der Waals surface area contributed by atoms with Crippen molar-refractivity contribution in [2.75, 3.05) is 25.9 Å². The van der Waals surface area contributed by atoms with Crippen molar-refractivity contribution in [1.29, 1.82) is 0 Å². The Balaban J connectivity index is 2.43. The number of carbonyl (C=O) groups is 1. The number of anilines is 1. The van der Waals surface area contributed by atoms with Gasteiger partial charge in [0.1, 0.15) is 0 Å². The molecule has 1 amide bonds. The molecule has 1 aromatic heterocycles. The quantitative estimate of drug-likeness (QED) is 0.790. The first-order valence-electron chi connectivity index (χ1n) is 5.70. The van der Waals surface area contributed by atoms with Crippen LogP contribution in [0.5, 0.6) is 0 Å². The summed E-state index contributed by atoms with van der Waals surface area (Å²) in [5, 5.41) is 2.82. The highest BCUT2D eigenvalue weighted by molar-refractivity contribution is 5.98. The van der Waals surface area contributed by atoms with Crippen LogP contribution in [-0.4, -0.2) is 42.0 Å². The number of likely N-dealkylation sites (N-methyl/N-ethyl adjacent to an activating group) is 1. The lowest BCUT2D eigenvalue weighted by Crippen LogP contribution is -2.36. The van der Waals surface area contributed by atoms with Crippen molar-refractivity contribution in [1.82, 2.24) is 15.2 Å². The Bertz CT molecular complexity index is 379. The van der Waals surface area contributed by atoms with E-state index in [1.807, 2.05) is 7.05 Å². The number of nitrogens with zero attached hydrogens (tertiary/aromatic N) is 2. The van der Waals surface area contributed by atoms with Crippen LogP contribution in [0.25, 0.3) is 0 Å². The van der Waals surface area contributed by atoms with E-state index in [-0.39, 0.29) is 5.91 Å². The number of rotatable bonds is 5. The fraction of sp³-hybridized carbons (Fsp3) is 0.500. The van der Waals surface area contributed by atoms with Gasteiger partial charge in [-0.25, -0.2) is 0 Å². The highest BCUT2D eigenvalue weighted by atomic mass is 16.1. The van der Waals surface area contributed by atoms with Crippen LogP contribution in [0.15, 0.2) is 18.5 Å². The molecule has 5 heteroatoms. The van der Waals surface area contributed by atoms with Gasteiger partial charge in [-0.05, 0) is 27.0 Å². The number of nitrogens with one attached hydrogen (secondary N) is 1. The summed E-state index contributed by atoms with van der Waals surface area (Å²) >= 11 is 0. The van der Waals surface area contributed by atoms with E-state index in [0.29, 0.717) is 23.8 Å². The fourth-order valence-corrected chi connectivity index (χ4v) is 1.29. The second-order valence-corrected chi connectivity index (χ2v) is 4.29. The Morgan fingerprint density at radius 2 is 2.29 bits per heavy atom. The lowest BCUT2D eigenvalue weighted by atomic mass is 10.2. The molecule has 5 nitrogen and oxygen atoms in total. The molecule has 17 heavy (non-hydrogen) atoms. The lowest BCUT2D eigenvalue weighted by Gasteiger charge is -2.20. The van der Waals surface area contributed by atoms with Crippen molar-refractivity contribution in [2.45, 2.75) is 19.9 Å². The molecule has 0 bridgehead atoms. The zero-order valence-electron chi connectivity index (χ0n) is 10.6. The van der Waals surface area contributed by atoms with Gasteiger partial charge >= 0.3 is 0 Å². The second kappa shape index (κ2) is 6.20. The first-order chi connectivity index (χ1) is 8.02. The fourth-order valence-electron chi connectivity index (χ4n) is 1.29. The van der Waals surface area contributed by atoms with E-state index >= 15 is 0 Å². The molecular formula is C12H20N4O. The molecule has 0 saturated heterocycles. The zero-order valence-corrected chi connectivity index (χ0v) is 10.6. The number of nitrogen functional groups attached to an aromatic ring is 1. The van der Waals surface area contributed by atoms with E-state index in [1.165, 1.54) is 6.20 Å². The maximum Gasteiger partial charge on any atom is 0.254 e. The Morgan fingerprint density at radius 3 is 2.88 bits per heavy atom. The summed E-state index contributed by atoms with van der Waals surface area (Å²) in [6, 6.07) is 2.09. The van der Waals surface area contributed by atoms with Gasteiger partial charge in [-0.3, -0.25) is 9.78 Å². The van der Waals surface area contributed by atoms with Gasteiger partial charge in [0.05, 0.1) is 5.56 Å². The van der Waals surface area contributed by atoms with E-state index in [4.69, 9.17) is 5.73 Å². The first-order valence-corrected chi connectivity index (χ1v) is 5.70. The van der Waals surface area contributed by atoms with E-state index in [9.17, 15) is 4.79 Å². The number of amides is 1. The minimum absolute atomic E-state index is 0.173. The van der Waals surface area contributed by atoms with Crippen LogP contribution < -0.4 is 11.1 Å². The summed E-state index contributed by atoms with van der Waals surface area (Å²) in [4.78, 5) is 17.8. The highest BCUT2D eigenvalue weighted by Crippen LogP contribution is 2.07. The van der Waals surface area contributed by atoms with Crippen molar-refractivity contribution in [3.63, 3.8) is 0 Å². The van der Waals surface area contributed by atoms with Crippen LogP contribution in [0.3, 0.4) is 0 Å². The van der Waals surface area contributed by atoms with Crippen LogP contribution in [0, 0.1) is 0 Å². The Morgan fingerprint density at radius 1 is 1.59 bits per heavy atom. The minimum atomic E-state index is -0.173. The molecule has 0 atom stereocenters. The molecule has 0 aliphatic heterocycles. The standard InChI is InChI=1S/C12H20N4O/c1-9(2)16(3)7-6-15-12(17)10-8-14-5-4-11(10)13/h4-5,8-9H,6-7H2,1-3H3,(H2,13,14)(H,15,17). The van der Waals surface area contributed by atoms with E-state index < -0.39 is 0 Å². The smallest absolute Gasteiger partial charge is 0.254 e. The lowest BCUT2D eigenvalue weighted by molar-refractivity contribution is 0.0948. The van der Waals surface area contributed by atoms with Crippen LogP contribution in [-0.2, 0) is 0 Å². The van der Waals surface area contributed by atoms with E-state index in [0.717, 1.165) is 6.54 Å². The van der Waals surface area contributed by atoms with E-state index in [1.54, 1.807) is 12.3 Å². The molecule has 0 fully saturated rings. The summed E-state index contributed by atoms with van der Waals surface area (Å²) in [6.07, 6.45) is 3.05. The maximum absolute atomic E-state index is 11.8. The zero-order chi connectivity index (χ0) is 12.8. The van der Waals surface area contributed by atoms with Gasteiger partial charge in [0.15, 0.2) is 0 Å². The molecule has 0 unspecified atom stereocenters. The highest BCUT2D eigenvalue weighted by Gasteiger charge is 2.09. The van der Waals surface area contributed by atoms with Gasteiger partial charge in [0, 0.05) is 37.2 Å². The summed E-state index contributed by atoms with van der Waals surface area (Å²) in [5.41, 5.74) is 6.57. The molecule has 0 aliphatic carbocycles. The van der Waals surface area contributed by atoms with Gasteiger partial charge in [0.2, 0.25) is 0 Å². The van der Waals surface area contributed by atoms with Crippen LogP contribution in [0.1, 0.15) is 24.2 Å². The number of hydrogen-bond donors (Lipinski definition) is 2. The number of pyridine rings is 1. The third kappa shape index (κ3) is 4.03. The number of hydrogen-bond acceptors (Lipinski definition) is 4. The molecule has 0 aromatic carbocycles. The SMILES string of the molecule is CC(C)N(C)CCNC(=O)c1cnccc1N. The molecular weight excluding hydrogens is 216 g/mol. The predicted octanol–water partition coefficient (Wildman–Crippen LogP) is 0.734. The number of aromatic nitrogens is 1. The topological polar surface area (TPSA) is 71.2 Å². The molecule has 94 valence electrons. The van der Waals surface area contributed by atoms with Crippen LogP contribution in [0.4, 0.5) is 5.69 Å². The first kappa shape index (κ1) is 13.4. The van der Waals surface area contributed by atoms with E-state index in [2.05, 4.69) is 29.0 Å². The molecule has 0 radical (unpaired) electrons. The Kier molecular flexibility index (Phi) is 4.90. The summed E-state index contributed by atoms with van der Waals surface area (Å²) in [5.74, 6) is -0.173. The molecule has 1 aromatic rings. The average Bonchev–Trinajstić information content (AvgIpc) is 2.29. The van der Waals surface area contributed by atoms with Crippen LogP contribution >= 0.6 is 0 Å². The summed E-state index contributed by atoms with van der Waals surface area (Å²) in [6.45, 7) is 5.63. The van der Waals surface area contributed by atoms with Gasteiger partial charge in [0.25, 0.3) is 5.91 Å². The van der Waals surface area contributed by atoms with Crippen molar-refractivity contribution in [3.05, 3.63) is 24.0 Å². The minimum Gasteiger partial charge on any atom is -0.398 e. The largest absolute Gasteiger partial charge is 0.398 e. The monoisotopic (exact) mass is 236 g/mol. The average molecular weight is 236 g/mol. The molecule has 3 N–H and O–H groups in total. The second-order valence-electron chi connectivity index (χ2n) is 4.29. The van der Waals surface area contributed by atoms with Crippen molar-refractivity contribution >= 4 is 11.6 Å². The third-order valence-corrected chi connectivity index (χ3v) is 2.73. The molecule has 0 aliphatic rings. The van der Waals surface area contributed by atoms with Gasteiger partial charge < -0.3 is 16.0 Å². The van der Waals surface area contributed by atoms with Crippen molar-refractivity contribution in [3.8, 4) is 0 Å².